The second kappa shape index (κ2) is 6.84. The van der Waals surface area contributed by atoms with Gasteiger partial charge in [0.1, 0.15) is 11.7 Å². The van der Waals surface area contributed by atoms with Gasteiger partial charge < -0.3 is 23.7 Å². The molecule has 5 nitrogen and oxygen atoms in total. The molecule has 2 bridgehead atoms. The highest BCUT2D eigenvalue weighted by Crippen LogP contribution is 2.52. The van der Waals surface area contributed by atoms with Gasteiger partial charge in [-0.1, -0.05) is 13.8 Å². The Morgan fingerprint density at radius 2 is 1.54 bits per heavy atom. The molecule has 0 aliphatic carbocycles. The molecule has 4 saturated heterocycles. The smallest absolute Gasteiger partial charge is 0.158 e. The van der Waals surface area contributed by atoms with E-state index in [1.54, 1.807) is 0 Å². The summed E-state index contributed by atoms with van der Waals surface area (Å²) in [5.74, 6) is 0.947. The maximum absolute atomic E-state index is 6.52. The van der Waals surface area contributed by atoms with Gasteiger partial charge in [0.2, 0.25) is 0 Å². The van der Waals surface area contributed by atoms with E-state index in [2.05, 4.69) is 20.8 Å². The van der Waals surface area contributed by atoms with Crippen molar-refractivity contribution in [1.29, 1.82) is 0 Å². The van der Waals surface area contributed by atoms with Gasteiger partial charge in [0.15, 0.2) is 12.6 Å². The van der Waals surface area contributed by atoms with Crippen LogP contribution in [-0.2, 0) is 23.7 Å². The molecule has 4 heterocycles. The summed E-state index contributed by atoms with van der Waals surface area (Å²) in [5.41, 5.74) is -0.459. The fourth-order valence-electron chi connectivity index (χ4n) is 4.90. The first-order chi connectivity index (χ1) is 11.6. The van der Waals surface area contributed by atoms with Crippen molar-refractivity contribution in [3.8, 4) is 0 Å². The van der Waals surface area contributed by atoms with Crippen LogP contribution in [0.2, 0.25) is 0 Å². The highest BCUT2D eigenvalue weighted by molar-refractivity contribution is 5.13. The van der Waals surface area contributed by atoms with Crippen LogP contribution in [0.15, 0.2) is 0 Å². The fraction of sp³-hybridized carbons (Fsp3) is 1.00. The Balaban J connectivity index is 1.51. The lowest BCUT2D eigenvalue weighted by Crippen LogP contribution is -2.59. The van der Waals surface area contributed by atoms with Crippen LogP contribution in [0.5, 0.6) is 0 Å². The van der Waals surface area contributed by atoms with Gasteiger partial charge in [-0.25, -0.2) is 0 Å². The van der Waals surface area contributed by atoms with E-state index in [1.165, 1.54) is 12.8 Å². The molecule has 24 heavy (non-hydrogen) atoms. The third-order valence-electron chi connectivity index (χ3n) is 6.52. The summed E-state index contributed by atoms with van der Waals surface area (Å²) in [7, 11) is 0. The number of hydrogen-bond acceptors (Lipinski definition) is 5. The Labute approximate surface area is 145 Å². The average molecular weight is 340 g/mol. The SMILES string of the molecule is CC1C(C)C2OC1C(OC1CCCCO1)C2(C)OC1CCCCO1. The van der Waals surface area contributed by atoms with Crippen molar-refractivity contribution >= 4 is 0 Å². The van der Waals surface area contributed by atoms with Crippen LogP contribution in [-0.4, -0.2) is 49.7 Å². The van der Waals surface area contributed by atoms with Crippen molar-refractivity contribution in [2.24, 2.45) is 11.8 Å². The summed E-state index contributed by atoms with van der Waals surface area (Å²) < 4.78 is 31.0. The van der Waals surface area contributed by atoms with Gasteiger partial charge in [0.05, 0.1) is 12.2 Å². The predicted molar refractivity (Wildman–Crippen MR) is 88.5 cm³/mol. The molecule has 0 radical (unpaired) electrons. The van der Waals surface area contributed by atoms with Crippen LogP contribution in [0.25, 0.3) is 0 Å². The summed E-state index contributed by atoms with van der Waals surface area (Å²) in [6, 6.07) is 0. The van der Waals surface area contributed by atoms with Crippen LogP contribution in [0, 0.1) is 11.8 Å². The monoisotopic (exact) mass is 340 g/mol. The molecule has 0 spiro atoms. The zero-order valence-electron chi connectivity index (χ0n) is 15.2. The molecular weight excluding hydrogens is 308 g/mol. The lowest BCUT2D eigenvalue weighted by atomic mass is 9.72. The van der Waals surface area contributed by atoms with Gasteiger partial charge in [-0.3, -0.25) is 0 Å². The zero-order valence-corrected chi connectivity index (χ0v) is 15.2. The van der Waals surface area contributed by atoms with Crippen molar-refractivity contribution < 1.29 is 23.7 Å². The molecule has 0 aromatic carbocycles. The van der Waals surface area contributed by atoms with Crippen molar-refractivity contribution in [1.82, 2.24) is 0 Å². The fourth-order valence-corrected chi connectivity index (χ4v) is 4.90. The largest absolute Gasteiger partial charge is 0.368 e. The first-order valence-electron chi connectivity index (χ1n) is 9.81. The Kier molecular flexibility index (Phi) is 4.91. The summed E-state index contributed by atoms with van der Waals surface area (Å²) in [5, 5.41) is 0. The first kappa shape index (κ1) is 17.2. The maximum atomic E-state index is 6.52. The van der Waals surface area contributed by atoms with Gasteiger partial charge in [0, 0.05) is 13.2 Å². The third-order valence-corrected chi connectivity index (χ3v) is 6.52. The maximum Gasteiger partial charge on any atom is 0.158 e. The van der Waals surface area contributed by atoms with Crippen LogP contribution < -0.4 is 0 Å². The molecule has 0 N–H and O–H groups in total. The molecule has 8 atom stereocenters. The summed E-state index contributed by atoms with van der Waals surface area (Å²) in [6.45, 7) is 8.28. The molecule has 4 rings (SSSR count). The minimum Gasteiger partial charge on any atom is -0.368 e. The number of hydrogen-bond donors (Lipinski definition) is 0. The topological polar surface area (TPSA) is 46.2 Å². The van der Waals surface area contributed by atoms with Crippen molar-refractivity contribution in [2.45, 2.75) is 95.8 Å². The Morgan fingerprint density at radius 1 is 0.875 bits per heavy atom. The van der Waals surface area contributed by atoms with E-state index in [0.717, 1.165) is 38.9 Å². The number of fused-ring (bicyclic) bond motifs is 2. The van der Waals surface area contributed by atoms with Gasteiger partial charge in [-0.2, -0.15) is 0 Å². The number of rotatable bonds is 4. The van der Waals surface area contributed by atoms with Gasteiger partial charge in [0.25, 0.3) is 0 Å². The summed E-state index contributed by atoms with van der Waals surface area (Å²) in [4.78, 5) is 0. The molecule has 0 saturated carbocycles. The first-order valence-corrected chi connectivity index (χ1v) is 9.81. The molecule has 138 valence electrons. The zero-order chi connectivity index (χ0) is 16.7. The molecule has 0 aromatic heterocycles. The van der Waals surface area contributed by atoms with Crippen molar-refractivity contribution in [3.63, 3.8) is 0 Å². The van der Waals surface area contributed by atoms with Crippen LogP contribution in [0.3, 0.4) is 0 Å². The van der Waals surface area contributed by atoms with Gasteiger partial charge >= 0.3 is 0 Å². The van der Waals surface area contributed by atoms with E-state index in [0.29, 0.717) is 11.8 Å². The van der Waals surface area contributed by atoms with E-state index in [1.807, 2.05) is 0 Å². The van der Waals surface area contributed by atoms with E-state index < -0.39 is 5.60 Å². The lowest BCUT2D eigenvalue weighted by Gasteiger charge is -2.45. The predicted octanol–water partition coefficient (Wildman–Crippen LogP) is 3.25. The molecule has 5 heteroatoms. The molecule has 8 unspecified atom stereocenters. The third kappa shape index (κ3) is 2.92. The highest BCUT2D eigenvalue weighted by Gasteiger charge is 2.65. The molecule has 4 aliphatic heterocycles. The van der Waals surface area contributed by atoms with E-state index in [4.69, 9.17) is 23.7 Å². The minimum atomic E-state index is -0.459. The second-order valence-electron chi connectivity index (χ2n) is 8.19. The highest BCUT2D eigenvalue weighted by atomic mass is 16.7. The Hall–Kier alpha value is -0.200. The standard InChI is InChI=1S/C19H32O5/c1-12-13(2)17-19(3,24-15-9-5-7-11-21-15)18(16(12)23-17)22-14-8-4-6-10-20-14/h12-18H,4-11H2,1-3H3. The average Bonchev–Trinajstić information content (AvgIpc) is 3.04. The van der Waals surface area contributed by atoms with Crippen LogP contribution in [0.1, 0.15) is 59.3 Å². The van der Waals surface area contributed by atoms with E-state index in [9.17, 15) is 0 Å². The number of ether oxygens (including phenoxy) is 5. The van der Waals surface area contributed by atoms with Crippen molar-refractivity contribution in [3.05, 3.63) is 0 Å². The quantitative estimate of drug-likeness (QED) is 0.786. The van der Waals surface area contributed by atoms with E-state index in [-0.39, 0.29) is 30.9 Å². The summed E-state index contributed by atoms with van der Waals surface area (Å²) >= 11 is 0. The second-order valence-corrected chi connectivity index (χ2v) is 8.19. The van der Waals surface area contributed by atoms with Crippen LogP contribution in [0.4, 0.5) is 0 Å². The van der Waals surface area contributed by atoms with Crippen LogP contribution >= 0.6 is 0 Å². The van der Waals surface area contributed by atoms with Gasteiger partial charge in [-0.05, 0) is 57.3 Å². The lowest BCUT2D eigenvalue weighted by molar-refractivity contribution is -0.287. The molecule has 4 aliphatic rings. The molecule has 0 aromatic rings. The van der Waals surface area contributed by atoms with Gasteiger partial charge in [-0.15, -0.1) is 0 Å². The van der Waals surface area contributed by atoms with E-state index >= 15 is 0 Å². The normalized spacial score (nSPS) is 51.9. The Bertz CT molecular complexity index is 431. The van der Waals surface area contributed by atoms with Crippen molar-refractivity contribution in [2.75, 3.05) is 13.2 Å². The molecule has 0 amide bonds. The Morgan fingerprint density at radius 3 is 2.17 bits per heavy atom. The molecule has 4 fully saturated rings. The molecular formula is C19H32O5. The minimum absolute atomic E-state index is 0.0663. The summed E-state index contributed by atoms with van der Waals surface area (Å²) in [6.07, 6.45) is 6.34.